The fourth-order valence-electron chi connectivity index (χ4n) is 3.11. The monoisotopic (exact) mass is 406 g/mol. The molecular formula is C18H27BrN6. The number of hydrogen-bond donors (Lipinski definition) is 2. The van der Waals surface area contributed by atoms with E-state index in [1.54, 1.807) is 0 Å². The first-order valence-electron chi connectivity index (χ1n) is 9.12. The summed E-state index contributed by atoms with van der Waals surface area (Å²) in [6.07, 6.45) is 8.08. The molecule has 0 radical (unpaired) electrons. The minimum Gasteiger partial charge on any atom is -0.357 e. The van der Waals surface area contributed by atoms with Gasteiger partial charge in [-0.3, -0.25) is 0 Å². The normalized spacial score (nSPS) is 16.3. The van der Waals surface area contributed by atoms with Crippen LogP contribution in [-0.2, 0) is 6.54 Å². The number of rotatable bonds is 6. The molecule has 136 valence electrons. The molecule has 0 atom stereocenters. The summed E-state index contributed by atoms with van der Waals surface area (Å²) in [6, 6.07) is 4.00. The molecule has 1 saturated heterocycles. The first-order chi connectivity index (χ1) is 12.2. The Morgan fingerprint density at radius 2 is 2.04 bits per heavy atom. The summed E-state index contributed by atoms with van der Waals surface area (Å²) >= 11 is 3.49. The summed E-state index contributed by atoms with van der Waals surface area (Å²) in [4.78, 5) is 11.8. The number of pyridine rings is 1. The Hall–Kier alpha value is -1.60. The number of piperidine rings is 1. The van der Waals surface area contributed by atoms with Crippen LogP contribution in [0.1, 0.15) is 31.9 Å². The number of fused-ring (bicyclic) bond motifs is 1. The maximum Gasteiger partial charge on any atom is 0.191 e. The summed E-state index contributed by atoms with van der Waals surface area (Å²) in [5.41, 5.74) is 1.91. The lowest BCUT2D eigenvalue weighted by Gasteiger charge is -2.26. The van der Waals surface area contributed by atoms with Crippen molar-refractivity contribution in [1.29, 1.82) is 0 Å². The van der Waals surface area contributed by atoms with Crippen LogP contribution in [0, 0.1) is 0 Å². The van der Waals surface area contributed by atoms with Gasteiger partial charge in [0.1, 0.15) is 5.65 Å². The molecule has 2 aromatic heterocycles. The molecule has 0 amide bonds. The Kier molecular flexibility index (Phi) is 6.69. The zero-order valence-electron chi connectivity index (χ0n) is 14.8. The lowest BCUT2D eigenvalue weighted by Crippen LogP contribution is -2.42. The molecule has 2 N–H and O–H groups in total. The lowest BCUT2D eigenvalue weighted by atomic mass is 10.1. The Labute approximate surface area is 157 Å². The predicted octanol–water partition coefficient (Wildman–Crippen LogP) is 2.64. The maximum atomic E-state index is 4.67. The van der Waals surface area contributed by atoms with Crippen molar-refractivity contribution in [2.75, 3.05) is 32.7 Å². The van der Waals surface area contributed by atoms with E-state index in [-0.39, 0.29) is 0 Å². The number of likely N-dealkylation sites (tertiary alicyclic amines) is 1. The molecule has 1 aliphatic heterocycles. The van der Waals surface area contributed by atoms with E-state index in [1.165, 1.54) is 32.4 Å². The molecule has 25 heavy (non-hydrogen) atoms. The largest absolute Gasteiger partial charge is 0.357 e. The van der Waals surface area contributed by atoms with Gasteiger partial charge in [-0.25, -0.2) is 9.98 Å². The molecule has 0 aromatic carbocycles. The molecule has 0 aliphatic carbocycles. The molecule has 0 spiro atoms. The van der Waals surface area contributed by atoms with E-state index in [1.807, 2.05) is 28.9 Å². The summed E-state index contributed by atoms with van der Waals surface area (Å²) < 4.78 is 3.06. The number of guanidine groups is 1. The highest BCUT2D eigenvalue weighted by Gasteiger charge is 2.09. The fraction of sp³-hybridized carbons (Fsp3) is 0.556. The molecule has 3 rings (SSSR count). The number of aliphatic imine (C=N–C) groups is 1. The summed E-state index contributed by atoms with van der Waals surface area (Å²) in [5, 5.41) is 6.75. The first-order valence-corrected chi connectivity index (χ1v) is 9.91. The van der Waals surface area contributed by atoms with Gasteiger partial charge in [0.2, 0.25) is 0 Å². The highest BCUT2D eigenvalue weighted by Crippen LogP contribution is 2.13. The topological polar surface area (TPSA) is 57.0 Å². The average molecular weight is 407 g/mol. The van der Waals surface area contributed by atoms with Crippen LogP contribution in [-0.4, -0.2) is 53.0 Å². The second-order valence-electron chi connectivity index (χ2n) is 6.37. The van der Waals surface area contributed by atoms with Crippen LogP contribution >= 0.6 is 15.9 Å². The standard InChI is InChI=1S/C18H27BrN6/c1-2-20-18(21-8-11-24-9-4-3-5-10-24)22-12-16-14-25-13-15(19)6-7-17(25)23-16/h6-7,13-14H,2-5,8-12H2,1H3,(H2,20,21,22). The molecule has 0 unspecified atom stereocenters. The highest BCUT2D eigenvalue weighted by atomic mass is 79.9. The van der Waals surface area contributed by atoms with E-state index in [0.717, 1.165) is 41.4 Å². The van der Waals surface area contributed by atoms with Crippen LogP contribution in [0.25, 0.3) is 5.65 Å². The molecule has 3 heterocycles. The summed E-state index contributed by atoms with van der Waals surface area (Å²) in [6.45, 7) is 7.96. The van der Waals surface area contributed by atoms with E-state index in [0.29, 0.717) is 6.54 Å². The molecule has 6 nitrogen and oxygen atoms in total. The third-order valence-electron chi connectivity index (χ3n) is 4.38. The van der Waals surface area contributed by atoms with E-state index < -0.39 is 0 Å². The van der Waals surface area contributed by atoms with Crippen LogP contribution in [0.15, 0.2) is 34.0 Å². The Balaban J connectivity index is 1.54. The van der Waals surface area contributed by atoms with Crippen molar-refractivity contribution in [3.63, 3.8) is 0 Å². The van der Waals surface area contributed by atoms with Crippen molar-refractivity contribution < 1.29 is 0 Å². The van der Waals surface area contributed by atoms with Gasteiger partial charge >= 0.3 is 0 Å². The van der Waals surface area contributed by atoms with Gasteiger partial charge in [-0.15, -0.1) is 0 Å². The van der Waals surface area contributed by atoms with Gasteiger partial charge in [0.05, 0.1) is 12.2 Å². The number of halogens is 1. The zero-order valence-corrected chi connectivity index (χ0v) is 16.4. The molecule has 0 saturated carbocycles. The van der Waals surface area contributed by atoms with Crippen LogP contribution in [0.3, 0.4) is 0 Å². The van der Waals surface area contributed by atoms with Crippen molar-refractivity contribution in [2.45, 2.75) is 32.7 Å². The molecular weight excluding hydrogens is 380 g/mol. The lowest BCUT2D eigenvalue weighted by molar-refractivity contribution is 0.232. The minimum absolute atomic E-state index is 0.568. The van der Waals surface area contributed by atoms with Gasteiger partial charge in [-0.05, 0) is 60.9 Å². The maximum absolute atomic E-state index is 4.67. The molecule has 1 fully saturated rings. The molecule has 7 heteroatoms. The van der Waals surface area contributed by atoms with Gasteiger partial charge < -0.3 is 19.9 Å². The van der Waals surface area contributed by atoms with Crippen molar-refractivity contribution >= 4 is 27.5 Å². The van der Waals surface area contributed by atoms with Crippen molar-refractivity contribution in [3.05, 3.63) is 34.7 Å². The Bertz CT molecular complexity index is 705. The fourth-order valence-corrected chi connectivity index (χ4v) is 3.46. The van der Waals surface area contributed by atoms with E-state index >= 15 is 0 Å². The third-order valence-corrected chi connectivity index (χ3v) is 4.85. The van der Waals surface area contributed by atoms with Crippen molar-refractivity contribution in [2.24, 2.45) is 4.99 Å². The van der Waals surface area contributed by atoms with Crippen molar-refractivity contribution in [1.82, 2.24) is 24.9 Å². The molecule has 0 bridgehead atoms. The van der Waals surface area contributed by atoms with Gasteiger partial charge in [0, 0.05) is 36.5 Å². The van der Waals surface area contributed by atoms with Gasteiger partial charge in [-0.1, -0.05) is 6.42 Å². The summed E-state index contributed by atoms with van der Waals surface area (Å²) in [5.74, 6) is 0.859. The zero-order chi connectivity index (χ0) is 17.5. The first kappa shape index (κ1) is 18.2. The van der Waals surface area contributed by atoms with E-state index in [4.69, 9.17) is 0 Å². The van der Waals surface area contributed by atoms with Gasteiger partial charge in [-0.2, -0.15) is 0 Å². The van der Waals surface area contributed by atoms with E-state index in [9.17, 15) is 0 Å². The average Bonchev–Trinajstić information content (AvgIpc) is 3.02. The third kappa shape index (κ3) is 5.44. The van der Waals surface area contributed by atoms with Crippen LogP contribution in [0.4, 0.5) is 0 Å². The summed E-state index contributed by atoms with van der Waals surface area (Å²) in [7, 11) is 0. The van der Waals surface area contributed by atoms with Crippen LogP contribution in [0.2, 0.25) is 0 Å². The Morgan fingerprint density at radius 3 is 2.84 bits per heavy atom. The van der Waals surface area contributed by atoms with Crippen LogP contribution < -0.4 is 10.6 Å². The number of hydrogen-bond acceptors (Lipinski definition) is 3. The number of nitrogens with zero attached hydrogens (tertiary/aromatic N) is 4. The minimum atomic E-state index is 0.568. The van der Waals surface area contributed by atoms with E-state index in [2.05, 4.69) is 48.4 Å². The van der Waals surface area contributed by atoms with Gasteiger partial charge in [0.15, 0.2) is 5.96 Å². The smallest absolute Gasteiger partial charge is 0.191 e. The second-order valence-corrected chi connectivity index (χ2v) is 7.28. The number of nitrogens with one attached hydrogen (secondary N) is 2. The van der Waals surface area contributed by atoms with Crippen LogP contribution in [0.5, 0.6) is 0 Å². The highest BCUT2D eigenvalue weighted by molar-refractivity contribution is 9.10. The molecule has 1 aliphatic rings. The second kappa shape index (κ2) is 9.20. The number of imidazole rings is 1. The van der Waals surface area contributed by atoms with Crippen molar-refractivity contribution in [3.8, 4) is 0 Å². The number of aromatic nitrogens is 2. The Morgan fingerprint density at radius 1 is 1.20 bits per heavy atom. The van der Waals surface area contributed by atoms with Gasteiger partial charge in [0.25, 0.3) is 0 Å². The SMILES string of the molecule is CCNC(=NCc1cn2cc(Br)ccc2n1)NCCN1CCCCC1. The quantitative estimate of drug-likeness (QED) is 0.571. The molecule has 2 aromatic rings. The predicted molar refractivity (Wildman–Crippen MR) is 106 cm³/mol.